The van der Waals surface area contributed by atoms with Crippen molar-refractivity contribution in [2.75, 3.05) is 20.8 Å². The number of benzene rings is 2. The number of hydrogen-bond donors (Lipinski definition) is 1. The van der Waals surface area contributed by atoms with Crippen molar-refractivity contribution in [2.45, 2.75) is 19.5 Å². The van der Waals surface area contributed by atoms with Gasteiger partial charge >= 0.3 is 5.97 Å². The average Bonchev–Trinajstić information content (AvgIpc) is 2.77. The van der Waals surface area contributed by atoms with Gasteiger partial charge in [-0.05, 0) is 36.8 Å². The molecule has 2 aromatic rings. The topological polar surface area (TPSA) is 84.9 Å². The standard InChI is InChI=1S/C23H25FN2O5/c1-16(25-21(27)13-10-17-8-11-19(30-3)12-9-17)23(29)31-15-22(28)26(2)14-18-6-4-5-7-20(18)24/h4-13,16H,14-15H2,1-3H3,(H,25,27)/b13-10+/t16-/m0/s1. The minimum atomic E-state index is -0.947. The largest absolute Gasteiger partial charge is 0.497 e. The third kappa shape index (κ3) is 7.58. The minimum absolute atomic E-state index is 0.0471. The van der Waals surface area contributed by atoms with Crippen LogP contribution in [0.15, 0.2) is 54.6 Å². The first-order chi connectivity index (χ1) is 14.8. The van der Waals surface area contributed by atoms with Crippen LogP contribution in [0.5, 0.6) is 5.75 Å². The Balaban J connectivity index is 1.77. The Kier molecular flexibility index (Phi) is 8.75. The molecule has 0 bridgehead atoms. The van der Waals surface area contributed by atoms with E-state index >= 15 is 0 Å². The lowest BCUT2D eigenvalue weighted by Gasteiger charge is -2.18. The van der Waals surface area contributed by atoms with Gasteiger partial charge in [-0.1, -0.05) is 30.3 Å². The van der Waals surface area contributed by atoms with E-state index in [1.165, 1.54) is 31.0 Å². The normalized spacial score (nSPS) is 11.6. The number of likely N-dealkylation sites (N-methyl/N-ethyl adjacent to an activating group) is 1. The molecular formula is C23H25FN2O5. The highest BCUT2D eigenvalue weighted by atomic mass is 19.1. The molecule has 0 aliphatic heterocycles. The fourth-order valence-corrected chi connectivity index (χ4v) is 2.55. The second kappa shape index (κ2) is 11.5. The highest BCUT2D eigenvalue weighted by Gasteiger charge is 2.19. The fourth-order valence-electron chi connectivity index (χ4n) is 2.55. The second-order valence-electron chi connectivity index (χ2n) is 6.79. The Hall–Kier alpha value is -3.68. The number of nitrogens with one attached hydrogen (secondary N) is 1. The maximum absolute atomic E-state index is 13.7. The van der Waals surface area contributed by atoms with Crippen molar-refractivity contribution in [3.8, 4) is 5.75 Å². The molecule has 0 unspecified atom stereocenters. The second-order valence-corrected chi connectivity index (χ2v) is 6.79. The zero-order valence-electron chi connectivity index (χ0n) is 17.6. The van der Waals surface area contributed by atoms with Crippen molar-refractivity contribution in [1.29, 1.82) is 0 Å². The lowest BCUT2D eigenvalue weighted by Crippen LogP contribution is -2.40. The van der Waals surface area contributed by atoms with Gasteiger partial charge in [0.2, 0.25) is 5.91 Å². The molecule has 0 spiro atoms. The van der Waals surface area contributed by atoms with Crippen LogP contribution in [-0.2, 0) is 25.7 Å². The van der Waals surface area contributed by atoms with Crippen LogP contribution in [0.1, 0.15) is 18.1 Å². The highest BCUT2D eigenvalue weighted by Crippen LogP contribution is 2.12. The fraction of sp³-hybridized carbons (Fsp3) is 0.261. The predicted octanol–water partition coefficient (Wildman–Crippen LogP) is 2.55. The first-order valence-corrected chi connectivity index (χ1v) is 9.56. The van der Waals surface area contributed by atoms with Crippen molar-refractivity contribution >= 4 is 23.9 Å². The average molecular weight is 428 g/mol. The molecule has 2 aromatic carbocycles. The van der Waals surface area contributed by atoms with Gasteiger partial charge in [-0.3, -0.25) is 9.59 Å². The Labute approximate surface area is 180 Å². The quantitative estimate of drug-likeness (QED) is 0.490. The molecule has 0 aliphatic rings. The van der Waals surface area contributed by atoms with Crippen molar-refractivity contribution in [1.82, 2.24) is 10.2 Å². The third-order valence-electron chi connectivity index (χ3n) is 4.38. The van der Waals surface area contributed by atoms with E-state index in [2.05, 4.69) is 5.32 Å². The molecule has 1 atom stereocenters. The Morgan fingerprint density at radius 3 is 2.45 bits per heavy atom. The molecule has 0 saturated carbocycles. The number of carbonyl (C=O) groups is 3. The Bertz CT molecular complexity index is 943. The lowest BCUT2D eigenvalue weighted by molar-refractivity contribution is -0.153. The molecule has 0 saturated heterocycles. The lowest BCUT2D eigenvalue weighted by atomic mass is 10.2. The van der Waals surface area contributed by atoms with Crippen LogP contribution in [0.4, 0.5) is 4.39 Å². The van der Waals surface area contributed by atoms with E-state index < -0.39 is 36.2 Å². The molecule has 0 heterocycles. The SMILES string of the molecule is COc1ccc(/C=C/C(=O)N[C@@H](C)C(=O)OCC(=O)N(C)Cc2ccccc2F)cc1. The third-order valence-corrected chi connectivity index (χ3v) is 4.38. The molecular weight excluding hydrogens is 403 g/mol. The summed E-state index contributed by atoms with van der Waals surface area (Å²) in [7, 11) is 3.05. The van der Waals surface area contributed by atoms with Crippen molar-refractivity contribution in [3.05, 3.63) is 71.6 Å². The summed E-state index contributed by atoms with van der Waals surface area (Å²) < 4.78 is 23.7. The molecule has 7 nitrogen and oxygen atoms in total. The number of ether oxygens (including phenoxy) is 2. The van der Waals surface area contributed by atoms with Crippen LogP contribution in [0.3, 0.4) is 0 Å². The monoisotopic (exact) mass is 428 g/mol. The summed E-state index contributed by atoms with van der Waals surface area (Å²) in [6, 6.07) is 12.2. The van der Waals surface area contributed by atoms with Gasteiger partial charge in [-0.25, -0.2) is 9.18 Å². The van der Waals surface area contributed by atoms with Crippen molar-refractivity contribution in [3.63, 3.8) is 0 Å². The summed E-state index contributed by atoms with van der Waals surface area (Å²) in [4.78, 5) is 37.4. The molecule has 2 amide bonds. The van der Waals surface area contributed by atoms with Crippen LogP contribution in [0, 0.1) is 5.82 Å². The molecule has 2 rings (SSSR count). The van der Waals surface area contributed by atoms with E-state index in [9.17, 15) is 18.8 Å². The molecule has 164 valence electrons. The summed E-state index contributed by atoms with van der Waals surface area (Å²) in [5.41, 5.74) is 1.14. The summed E-state index contributed by atoms with van der Waals surface area (Å²) in [6.45, 7) is 0.992. The van der Waals surface area contributed by atoms with Crippen LogP contribution in [0.25, 0.3) is 6.08 Å². The van der Waals surface area contributed by atoms with E-state index in [1.54, 1.807) is 55.7 Å². The van der Waals surface area contributed by atoms with Crippen LogP contribution >= 0.6 is 0 Å². The molecule has 0 aliphatic carbocycles. The molecule has 8 heteroatoms. The zero-order valence-corrected chi connectivity index (χ0v) is 17.6. The van der Waals surface area contributed by atoms with E-state index in [0.717, 1.165) is 5.56 Å². The first-order valence-electron chi connectivity index (χ1n) is 9.56. The minimum Gasteiger partial charge on any atom is -0.497 e. The van der Waals surface area contributed by atoms with Gasteiger partial charge in [0.1, 0.15) is 17.6 Å². The van der Waals surface area contributed by atoms with Gasteiger partial charge in [0.15, 0.2) is 6.61 Å². The number of hydrogen-bond acceptors (Lipinski definition) is 5. The molecule has 1 N–H and O–H groups in total. The number of halogens is 1. The van der Waals surface area contributed by atoms with Crippen LogP contribution in [0.2, 0.25) is 0 Å². The van der Waals surface area contributed by atoms with Crippen LogP contribution < -0.4 is 10.1 Å². The van der Waals surface area contributed by atoms with E-state index in [1.807, 2.05) is 0 Å². The van der Waals surface area contributed by atoms with Gasteiger partial charge in [-0.15, -0.1) is 0 Å². The van der Waals surface area contributed by atoms with Crippen LogP contribution in [-0.4, -0.2) is 49.5 Å². The summed E-state index contributed by atoms with van der Waals surface area (Å²) >= 11 is 0. The van der Waals surface area contributed by atoms with E-state index in [-0.39, 0.29) is 6.54 Å². The number of nitrogens with zero attached hydrogens (tertiary/aromatic N) is 1. The predicted molar refractivity (Wildman–Crippen MR) is 113 cm³/mol. The Morgan fingerprint density at radius 2 is 1.81 bits per heavy atom. The molecule has 0 aromatic heterocycles. The summed E-state index contributed by atoms with van der Waals surface area (Å²) in [5.74, 6) is -1.44. The smallest absolute Gasteiger partial charge is 0.328 e. The Morgan fingerprint density at radius 1 is 1.13 bits per heavy atom. The number of carbonyl (C=O) groups excluding carboxylic acids is 3. The summed E-state index contributed by atoms with van der Waals surface area (Å²) in [5, 5.41) is 2.47. The van der Waals surface area contributed by atoms with Gasteiger partial charge in [-0.2, -0.15) is 0 Å². The number of rotatable bonds is 9. The van der Waals surface area contributed by atoms with Gasteiger partial charge in [0, 0.05) is 25.2 Å². The molecule has 0 fully saturated rings. The molecule has 0 radical (unpaired) electrons. The number of esters is 1. The first kappa shape index (κ1) is 23.6. The highest BCUT2D eigenvalue weighted by molar-refractivity contribution is 5.94. The zero-order chi connectivity index (χ0) is 22.8. The molecule has 31 heavy (non-hydrogen) atoms. The van der Waals surface area contributed by atoms with Gasteiger partial charge in [0.05, 0.1) is 7.11 Å². The maximum atomic E-state index is 13.7. The number of methoxy groups -OCH3 is 1. The van der Waals surface area contributed by atoms with Gasteiger partial charge in [0.25, 0.3) is 5.91 Å². The number of amides is 2. The maximum Gasteiger partial charge on any atom is 0.328 e. The summed E-state index contributed by atoms with van der Waals surface area (Å²) in [6.07, 6.45) is 2.88. The van der Waals surface area contributed by atoms with E-state index in [0.29, 0.717) is 11.3 Å². The van der Waals surface area contributed by atoms with Gasteiger partial charge < -0.3 is 19.7 Å². The van der Waals surface area contributed by atoms with Crippen molar-refractivity contribution in [2.24, 2.45) is 0 Å². The van der Waals surface area contributed by atoms with E-state index in [4.69, 9.17) is 9.47 Å². The van der Waals surface area contributed by atoms with Crippen molar-refractivity contribution < 1.29 is 28.2 Å².